The molecular weight excluding hydrogens is 452 g/mol. The van der Waals surface area contributed by atoms with Gasteiger partial charge in [-0.25, -0.2) is 0 Å². The summed E-state index contributed by atoms with van der Waals surface area (Å²) in [7, 11) is 3.74. The third-order valence-electron chi connectivity index (χ3n) is 7.60. The first-order valence-electron chi connectivity index (χ1n) is 12.8. The monoisotopic (exact) mass is 488 g/mol. The predicted molar refractivity (Wildman–Crippen MR) is 142 cm³/mol. The number of allylic oxidation sites excluding steroid dienone is 1. The zero-order valence-electron chi connectivity index (χ0n) is 21.7. The number of ether oxygens (including phenoxy) is 1. The molecule has 5 rings (SSSR count). The van der Waals surface area contributed by atoms with Gasteiger partial charge in [-0.05, 0) is 37.1 Å². The molecule has 0 bridgehead atoms. The Labute approximate surface area is 213 Å². The van der Waals surface area contributed by atoms with Crippen molar-refractivity contribution in [2.45, 2.75) is 32.7 Å². The van der Waals surface area contributed by atoms with Gasteiger partial charge in [-0.1, -0.05) is 44.2 Å². The van der Waals surface area contributed by atoms with Crippen LogP contribution in [0.2, 0.25) is 0 Å². The minimum absolute atomic E-state index is 0.0745. The number of likely N-dealkylation sites (N-methyl/N-ethyl adjacent to an activating group) is 1. The second kappa shape index (κ2) is 9.62. The minimum atomic E-state index is -0.438. The maximum Gasteiger partial charge on any atom is 0.242 e. The Bertz CT molecular complexity index is 1200. The third kappa shape index (κ3) is 4.60. The van der Waals surface area contributed by atoms with Gasteiger partial charge >= 0.3 is 0 Å². The van der Waals surface area contributed by atoms with E-state index >= 15 is 0 Å². The molecule has 2 aromatic carbocycles. The summed E-state index contributed by atoms with van der Waals surface area (Å²) in [5.41, 5.74) is 4.25. The number of anilines is 2. The van der Waals surface area contributed by atoms with Crippen LogP contribution < -0.4 is 15.0 Å². The van der Waals surface area contributed by atoms with Gasteiger partial charge < -0.3 is 24.8 Å². The molecule has 2 aliphatic heterocycles. The highest BCUT2D eigenvalue weighted by Gasteiger charge is 2.43. The van der Waals surface area contributed by atoms with Crippen LogP contribution in [0.5, 0.6) is 5.75 Å². The second-order valence-corrected chi connectivity index (χ2v) is 10.9. The topological polar surface area (TPSA) is 65.1 Å². The van der Waals surface area contributed by atoms with E-state index in [1.165, 1.54) is 0 Å². The fraction of sp³-hybridized carbons (Fsp3) is 0.448. The van der Waals surface area contributed by atoms with E-state index in [9.17, 15) is 9.59 Å². The highest BCUT2D eigenvalue weighted by molar-refractivity contribution is 6.02. The molecule has 2 heterocycles. The summed E-state index contributed by atoms with van der Waals surface area (Å²) >= 11 is 0. The van der Waals surface area contributed by atoms with Gasteiger partial charge in [0.15, 0.2) is 5.78 Å². The van der Waals surface area contributed by atoms with Gasteiger partial charge in [0.2, 0.25) is 5.91 Å². The number of amides is 1. The fourth-order valence-corrected chi connectivity index (χ4v) is 5.74. The van der Waals surface area contributed by atoms with Crippen molar-refractivity contribution in [3.8, 4) is 5.75 Å². The molecule has 1 saturated heterocycles. The number of para-hydroxylation sites is 3. The number of methoxy groups -OCH3 is 1. The Balaban J connectivity index is 1.66. The molecule has 0 radical (unpaired) electrons. The molecule has 1 N–H and O–H groups in total. The number of rotatable bonds is 4. The quantitative estimate of drug-likeness (QED) is 0.700. The average molecular weight is 489 g/mol. The average Bonchev–Trinajstić information content (AvgIpc) is 2.98. The summed E-state index contributed by atoms with van der Waals surface area (Å²) in [6.45, 7) is 7.61. The Hall–Kier alpha value is -3.32. The second-order valence-electron chi connectivity index (χ2n) is 10.9. The van der Waals surface area contributed by atoms with Crippen molar-refractivity contribution in [2.24, 2.45) is 5.41 Å². The van der Waals surface area contributed by atoms with Crippen molar-refractivity contribution in [1.29, 1.82) is 0 Å². The van der Waals surface area contributed by atoms with Gasteiger partial charge in [-0.3, -0.25) is 9.59 Å². The summed E-state index contributed by atoms with van der Waals surface area (Å²) in [4.78, 5) is 33.8. The first-order chi connectivity index (χ1) is 17.3. The molecule has 36 heavy (non-hydrogen) atoms. The summed E-state index contributed by atoms with van der Waals surface area (Å²) in [6, 6.07) is 15.5. The summed E-state index contributed by atoms with van der Waals surface area (Å²) in [5.74, 6) is 0.906. The van der Waals surface area contributed by atoms with E-state index in [4.69, 9.17) is 4.74 Å². The minimum Gasteiger partial charge on any atom is -0.496 e. The highest BCUT2D eigenvalue weighted by Crippen LogP contribution is 2.49. The number of hydrogen-bond donors (Lipinski definition) is 1. The first-order valence-corrected chi connectivity index (χ1v) is 12.8. The Morgan fingerprint density at radius 2 is 1.72 bits per heavy atom. The largest absolute Gasteiger partial charge is 0.496 e. The van der Waals surface area contributed by atoms with Crippen LogP contribution in [0.1, 0.15) is 38.3 Å². The standard InChI is InChI=1S/C29H36N4O3/c1-29(2)17-22-27(24(34)18-29)28(20-9-5-8-12-25(20)36-4)33(23-11-7-6-10-21(23)30-22)19-26(35)32-15-13-31(3)14-16-32/h5-12,28,30H,13-19H2,1-4H3/t28-/m0/s1. The molecular formula is C29H36N4O3. The van der Waals surface area contributed by atoms with Gasteiger partial charge in [0.1, 0.15) is 5.75 Å². The number of benzene rings is 2. The van der Waals surface area contributed by atoms with E-state index in [-0.39, 0.29) is 23.7 Å². The lowest BCUT2D eigenvalue weighted by Gasteiger charge is -2.39. The fourth-order valence-electron chi connectivity index (χ4n) is 5.74. The van der Waals surface area contributed by atoms with Crippen LogP contribution >= 0.6 is 0 Å². The zero-order chi connectivity index (χ0) is 25.4. The number of nitrogens with one attached hydrogen (secondary N) is 1. The van der Waals surface area contributed by atoms with Crippen molar-refractivity contribution in [2.75, 3.05) is 57.1 Å². The van der Waals surface area contributed by atoms with Gasteiger partial charge in [-0.2, -0.15) is 0 Å². The number of fused-ring (bicyclic) bond motifs is 1. The van der Waals surface area contributed by atoms with Crippen molar-refractivity contribution >= 4 is 23.1 Å². The zero-order valence-corrected chi connectivity index (χ0v) is 21.7. The molecule has 1 fully saturated rings. The molecule has 2 aromatic rings. The molecule has 0 aromatic heterocycles. The highest BCUT2D eigenvalue weighted by atomic mass is 16.5. The van der Waals surface area contributed by atoms with Crippen LogP contribution in [-0.4, -0.2) is 68.4 Å². The van der Waals surface area contributed by atoms with Crippen LogP contribution in [0.25, 0.3) is 0 Å². The van der Waals surface area contributed by atoms with Crippen LogP contribution in [0.4, 0.5) is 11.4 Å². The molecule has 0 unspecified atom stereocenters. The normalized spacial score (nSPS) is 21.9. The van der Waals surface area contributed by atoms with Crippen LogP contribution in [0, 0.1) is 5.41 Å². The third-order valence-corrected chi connectivity index (χ3v) is 7.60. The predicted octanol–water partition coefficient (Wildman–Crippen LogP) is 4.09. The Morgan fingerprint density at radius 1 is 1.03 bits per heavy atom. The molecule has 0 spiro atoms. The number of piperazine rings is 1. The Morgan fingerprint density at radius 3 is 2.47 bits per heavy atom. The van der Waals surface area contributed by atoms with E-state index in [0.717, 1.165) is 47.7 Å². The number of carbonyl (C=O) groups is 2. The van der Waals surface area contributed by atoms with Gasteiger partial charge in [0.25, 0.3) is 0 Å². The van der Waals surface area contributed by atoms with E-state index in [1.54, 1.807) is 7.11 Å². The smallest absolute Gasteiger partial charge is 0.242 e. The van der Waals surface area contributed by atoms with Crippen molar-refractivity contribution in [1.82, 2.24) is 9.80 Å². The molecule has 7 heteroatoms. The molecule has 0 saturated carbocycles. The number of hydrogen-bond acceptors (Lipinski definition) is 6. The lowest BCUT2D eigenvalue weighted by molar-refractivity contribution is -0.131. The van der Waals surface area contributed by atoms with Gasteiger partial charge in [0.05, 0.1) is 31.1 Å². The van der Waals surface area contributed by atoms with Crippen LogP contribution in [-0.2, 0) is 9.59 Å². The summed E-state index contributed by atoms with van der Waals surface area (Å²) in [6.07, 6.45) is 1.23. The number of Topliss-reactive ketones (excluding diaryl/α,β-unsaturated/α-hetero) is 1. The molecule has 1 amide bonds. The van der Waals surface area contributed by atoms with E-state index < -0.39 is 6.04 Å². The van der Waals surface area contributed by atoms with Crippen molar-refractivity contribution in [3.05, 3.63) is 65.4 Å². The molecule has 1 aliphatic carbocycles. The lowest BCUT2D eigenvalue weighted by atomic mass is 9.73. The first kappa shape index (κ1) is 24.4. The van der Waals surface area contributed by atoms with Crippen molar-refractivity contribution in [3.63, 3.8) is 0 Å². The SMILES string of the molecule is COc1ccccc1[C@H]1C2=C(CC(C)(C)CC2=O)Nc2ccccc2N1CC(=O)N1CCN(C)CC1. The number of ketones is 1. The summed E-state index contributed by atoms with van der Waals surface area (Å²) < 4.78 is 5.78. The summed E-state index contributed by atoms with van der Waals surface area (Å²) in [5, 5.41) is 3.62. The van der Waals surface area contributed by atoms with Crippen LogP contribution in [0.15, 0.2) is 59.8 Å². The van der Waals surface area contributed by atoms with E-state index in [2.05, 4.69) is 36.0 Å². The number of carbonyl (C=O) groups excluding carboxylic acids is 2. The lowest BCUT2D eigenvalue weighted by Crippen LogP contribution is -2.50. The maximum absolute atomic E-state index is 13.8. The molecule has 3 aliphatic rings. The Kier molecular flexibility index (Phi) is 6.51. The van der Waals surface area contributed by atoms with Crippen molar-refractivity contribution < 1.29 is 14.3 Å². The molecule has 1 atom stereocenters. The van der Waals surface area contributed by atoms with E-state index in [1.807, 2.05) is 53.4 Å². The maximum atomic E-state index is 13.8. The molecule has 7 nitrogen and oxygen atoms in total. The van der Waals surface area contributed by atoms with Gasteiger partial charge in [-0.15, -0.1) is 0 Å². The van der Waals surface area contributed by atoms with E-state index in [0.29, 0.717) is 25.3 Å². The number of nitrogens with zero attached hydrogens (tertiary/aromatic N) is 3. The molecule has 190 valence electrons. The van der Waals surface area contributed by atoms with Crippen LogP contribution in [0.3, 0.4) is 0 Å². The van der Waals surface area contributed by atoms with Gasteiger partial charge in [0, 0.05) is 49.4 Å².